The highest BCUT2D eigenvalue weighted by molar-refractivity contribution is 5.85. The SMILES string of the molecule is CC(C)(C)OC(=O)C1(C)CCCC(C#N)N1C(=O)O. The fraction of sp³-hybridized carbons (Fsp3) is 0.769. The predicted octanol–water partition coefficient (Wildman–Crippen LogP) is 2.14. The van der Waals surface area contributed by atoms with Gasteiger partial charge < -0.3 is 9.84 Å². The number of carbonyl (C=O) groups excluding carboxylic acids is 1. The molecule has 1 aliphatic rings. The van der Waals surface area contributed by atoms with Crippen molar-refractivity contribution in [3.63, 3.8) is 0 Å². The van der Waals surface area contributed by atoms with Gasteiger partial charge >= 0.3 is 12.1 Å². The zero-order valence-corrected chi connectivity index (χ0v) is 11.8. The van der Waals surface area contributed by atoms with E-state index in [4.69, 9.17) is 10.00 Å². The first-order chi connectivity index (χ1) is 8.62. The van der Waals surface area contributed by atoms with E-state index in [0.29, 0.717) is 19.3 Å². The number of amides is 1. The molecule has 1 aliphatic heterocycles. The molecule has 0 aliphatic carbocycles. The van der Waals surface area contributed by atoms with Gasteiger partial charge in [0.1, 0.15) is 17.2 Å². The first-order valence-electron chi connectivity index (χ1n) is 6.27. The minimum absolute atomic E-state index is 0.367. The highest BCUT2D eigenvalue weighted by Gasteiger charge is 2.50. The lowest BCUT2D eigenvalue weighted by molar-refractivity contribution is -0.170. The number of carbonyl (C=O) groups is 2. The molecule has 1 heterocycles. The van der Waals surface area contributed by atoms with Crippen molar-refractivity contribution < 1.29 is 19.4 Å². The fourth-order valence-electron chi connectivity index (χ4n) is 2.29. The molecule has 1 saturated heterocycles. The van der Waals surface area contributed by atoms with Crippen LogP contribution in [0.25, 0.3) is 0 Å². The number of nitriles is 1. The van der Waals surface area contributed by atoms with Crippen LogP contribution in [0.3, 0.4) is 0 Å². The molecular formula is C13H20N2O4. The van der Waals surface area contributed by atoms with Crippen LogP contribution in [0.5, 0.6) is 0 Å². The quantitative estimate of drug-likeness (QED) is 0.736. The second-order valence-corrected chi connectivity index (χ2v) is 5.97. The van der Waals surface area contributed by atoms with Crippen molar-refractivity contribution in [2.45, 2.75) is 64.1 Å². The number of hydrogen-bond donors (Lipinski definition) is 1. The van der Waals surface area contributed by atoms with Crippen LogP contribution in [-0.2, 0) is 9.53 Å². The number of likely N-dealkylation sites (tertiary alicyclic amines) is 1. The van der Waals surface area contributed by atoms with Crippen molar-refractivity contribution in [1.82, 2.24) is 4.90 Å². The summed E-state index contributed by atoms with van der Waals surface area (Å²) >= 11 is 0. The Balaban J connectivity index is 3.08. The minimum atomic E-state index is -1.29. The number of rotatable bonds is 1. The van der Waals surface area contributed by atoms with Gasteiger partial charge in [-0.25, -0.2) is 9.59 Å². The molecule has 6 nitrogen and oxygen atoms in total. The monoisotopic (exact) mass is 268 g/mol. The maximum atomic E-state index is 12.3. The second-order valence-electron chi connectivity index (χ2n) is 5.97. The van der Waals surface area contributed by atoms with Gasteiger partial charge in [0.2, 0.25) is 0 Å². The summed E-state index contributed by atoms with van der Waals surface area (Å²) in [4.78, 5) is 24.6. The molecule has 0 spiro atoms. The molecule has 0 radical (unpaired) electrons. The Morgan fingerprint density at radius 2 is 2.05 bits per heavy atom. The third kappa shape index (κ3) is 3.16. The topological polar surface area (TPSA) is 90.6 Å². The molecule has 2 unspecified atom stereocenters. The summed E-state index contributed by atoms with van der Waals surface area (Å²) in [6, 6.07) is 1.14. The lowest BCUT2D eigenvalue weighted by Gasteiger charge is -2.44. The molecule has 19 heavy (non-hydrogen) atoms. The Labute approximate surface area is 112 Å². The van der Waals surface area contributed by atoms with Crippen LogP contribution in [0.2, 0.25) is 0 Å². The van der Waals surface area contributed by atoms with Crippen LogP contribution in [0.4, 0.5) is 4.79 Å². The first kappa shape index (κ1) is 15.3. The normalized spacial score (nSPS) is 27.5. The molecule has 0 aromatic carbocycles. The van der Waals surface area contributed by atoms with E-state index in [0.717, 1.165) is 4.90 Å². The molecule has 1 N–H and O–H groups in total. The van der Waals surface area contributed by atoms with Gasteiger partial charge in [-0.1, -0.05) is 0 Å². The Morgan fingerprint density at radius 3 is 2.47 bits per heavy atom. The fourth-order valence-corrected chi connectivity index (χ4v) is 2.29. The van der Waals surface area contributed by atoms with Crippen LogP contribution in [0.15, 0.2) is 0 Å². The third-order valence-electron chi connectivity index (χ3n) is 3.18. The number of hydrogen-bond acceptors (Lipinski definition) is 4. The minimum Gasteiger partial charge on any atom is -0.465 e. The standard InChI is InChI=1S/C13H20N2O4/c1-12(2,3)19-10(16)13(4)7-5-6-9(8-14)15(13)11(17)18/h9H,5-7H2,1-4H3,(H,17,18). The molecule has 106 valence electrons. The molecule has 1 amide bonds. The summed E-state index contributed by atoms with van der Waals surface area (Å²) in [5, 5.41) is 18.3. The van der Waals surface area contributed by atoms with Gasteiger partial charge in [0.15, 0.2) is 0 Å². The molecule has 1 rings (SSSR count). The van der Waals surface area contributed by atoms with E-state index >= 15 is 0 Å². The smallest absolute Gasteiger partial charge is 0.409 e. The third-order valence-corrected chi connectivity index (χ3v) is 3.18. The molecule has 0 saturated carbocycles. The van der Waals surface area contributed by atoms with Crippen molar-refractivity contribution in [1.29, 1.82) is 5.26 Å². The van der Waals surface area contributed by atoms with E-state index in [1.54, 1.807) is 20.8 Å². The van der Waals surface area contributed by atoms with Crippen molar-refractivity contribution in [3.05, 3.63) is 0 Å². The van der Waals surface area contributed by atoms with Crippen molar-refractivity contribution in [3.8, 4) is 6.07 Å². The Kier molecular flexibility index (Phi) is 4.09. The average molecular weight is 268 g/mol. The first-order valence-corrected chi connectivity index (χ1v) is 6.27. The van der Waals surface area contributed by atoms with E-state index in [1.807, 2.05) is 6.07 Å². The lowest BCUT2D eigenvalue weighted by Crippen LogP contribution is -2.62. The van der Waals surface area contributed by atoms with Crippen molar-refractivity contribution >= 4 is 12.1 Å². The van der Waals surface area contributed by atoms with Gasteiger partial charge in [-0.2, -0.15) is 5.26 Å². The highest BCUT2D eigenvalue weighted by Crippen LogP contribution is 2.34. The Bertz CT molecular complexity index is 421. The highest BCUT2D eigenvalue weighted by atomic mass is 16.6. The maximum absolute atomic E-state index is 12.3. The molecule has 0 aromatic rings. The van der Waals surface area contributed by atoms with Gasteiger partial charge in [0, 0.05) is 0 Å². The van der Waals surface area contributed by atoms with Crippen LogP contribution >= 0.6 is 0 Å². The van der Waals surface area contributed by atoms with E-state index < -0.39 is 29.2 Å². The Hall–Kier alpha value is -1.77. The average Bonchev–Trinajstić information content (AvgIpc) is 2.25. The van der Waals surface area contributed by atoms with Crippen molar-refractivity contribution in [2.24, 2.45) is 0 Å². The summed E-state index contributed by atoms with van der Waals surface area (Å²) in [5.41, 5.74) is -1.98. The zero-order valence-electron chi connectivity index (χ0n) is 11.8. The summed E-state index contributed by atoms with van der Waals surface area (Å²) < 4.78 is 5.30. The van der Waals surface area contributed by atoms with Crippen molar-refractivity contribution in [2.75, 3.05) is 0 Å². The van der Waals surface area contributed by atoms with Gasteiger partial charge in [-0.15, -0.1) is 0 Å². The number of ether oxygens (including phenoxy) is 1. The van der Waals surface area contributed by atoms with Gasteiger partial charge in [-0.05, 0) is 47.0 Å². The molecule has 0 bridgehead atoms. The van der Waals surface area contributed by atoms with Crippen LogP contribution in [-0.4, -0.2) is 39.3 Å². The van der Waals surface area contributed by atoms with Crippen LogP contribution < -0.4 is 0 Å². The maximum Gasteiger partial charge on any atom is 0.409 e. The summed E-state index contributed by atoms with van der Waals surface area (Å²) in [6.07, 6.45) is 0.172. The Morgan fingerprint density at radius 1 is 1.47 bits per heavy atom. The molecule has 1 fully saturated rings. The molecule has 0 aromatic heterocycles. The second kappa shape index (κ2) is 5.08. The lowest BCUT2D eigenvalue weighted by atomic mass is 9.85. The van der Waals surface area contributed by atoms with Gasteiger partial charge in [0.05, 0.1) is 6.07 Å². The van der Waals surface area contributed by atoms with E-state index in [2.05, 4.69) is 0 Å². The zero-order chi connectivity index (χ0) is 14.8. The van der Waals surface area contributed by atoms with E-state index in [-0.39, 0.29) is 0 Å². The van der Waals surface area contributed by atoms with Crippen LogP contribution in [0, 0.1) is 11.3 Å². The van der Waals surface area contributed by atoms with Crippen LogP contribution in [0.1, 0.15) is 47.0 Å². The summed E-state index contributed by atoms with van der Waals surface area (Å²) in [6.45, 7) is 6.70. The molecule has 2 atom stereocenters. The predicted molar refractivity (Wildman–Crippen MR) is 67.4 cm³/mol. The van der Waals surface area contributed by atoms with Gasteiger partial charge in [0.25, 0.3) is 0 Å². The molecular weight excluding hydrogens is 248 g/mol. The number of carboxylic acid groups (broad SMARTS) is 1. The molecule has 6 heteroatoms. The van der Waals surface area contributed by atoms with E-state index in [9.17, 15) is 14.7 Å². The largest absolute Gasteiger partial charge is 0.465 e. The number of nitrogens with zero attached hydrogens (tertiary/aromatic N) is 2. The number of esters is 1. The number of piperidine rings is 1. The summed E-state index contributed by atoms with van der Waals surface area (Å²) in [7, 11) is 0. The van der Waals surface area contributed by atoms with Gasteiger partial charge in [-0.3, -0.25) is 4.90 Å². The van der Waals surface area contributed by atoms with E-state index in [1.165, 1.54) is 6.92 Å². The summed E-state index contributed by atoms with van der Waals surface area (Å²) in [5.74, 6) is -0.595.